The molecule has 1 aliphatic heterocycles. The van der Waals surface area contributed by atoms with Gasteiger partial charge in [0.05, 0.1) is 15.6 Å². The van der Waals surface area contributed by atoms with Crippen LogP contribution in [0.3, 0.4) is 0 Å². The van der Waals surface area contributed by atoms with Crippen LogP contribution in [0, 0.1) is 5.41 Å². The molecule has 0 aromatic carbocycles. The van der Waals surface area contributed by atoms with E-state index >= 15 is 0 Å². The molecule has 0 spiro atoms. The molecule has 0 saturated carbocycles. The number of likely N-dealkylation sites (tertiary alicyclic amines) is 1. The zero-order valence-electron chi connectivity index (χ0n) is 10.9. The monoisotopic (exact) mass is 288 g/mol. The van der Waals surface area contributed by atoms with Crippen molar-refractivity contribution >= 4 is 23.2 Å². The van der Waals surface area contributed by atoms with E-state index in [1.54, 1.807) is 12.4 Å². The highest BCUT2D eigenvalue weighted by atomic mass is 35.5. The Labute approximate surface area is 118 Å². The first kappa shape index (κ1) is 14.1. The number of aromatic nitrogens is 1. The normalized spacial score (nSPS) is 27.7. The van der Waals surface area contributed by atoms with Gasteiger partial charge in [-0.15, -0.1) is 0 Å². The van der Waals surface area contributed by atoms with E-state index < -0.39 is 5.60 Å². The fourth-order valence-electron chi connectivity index (χ4n) is 2.36. The van der Waals surface area contributed by atoms with Crippen molar-refractivity contribution in [2.45, 2.75) is 32.9 Å². The highest BCUT2D eigenvalue weighted by molar-refractivity contribution is 6.35. The molecule has 0 radical (unpaired) electrons. The van der Waals surface area contributed by atoms with Crippen molar-refractivity contribution in [2.75, 3.05) is 13.1 Å². The lowest BCUT2D eigenvalue weighted by molar-refractivity contribution is -0.0111. The van der Waals surface area contributed by atoms with Gasteiger partial charge in [-0.1, -0.05) is 37.0 Å². The quantitative estimate of drug-likeness (QED) is 0.909. The number of nitrogens with zero attached hydrogens (tertiary/aromatic N) is 2. The summed E-state index contributed by atoms with van der Waals surface area (Å²) in [7, 11) is 0. The third-order valence-electron chi connectivity index (χ3n) is 3.94. The summed E-state index contributed by atoms with van der Waals surface area (Å²) < 4.78 is 0. The van der Waals surface area contributed by atoms with Gasteiger partial charge in [-0.25, -0.2) is 0 Å². The van der Waals surface area contributed by atoms with E-state index in [9.17, 15) is 5.11 Å². The SMILES string of the molecule is CC1(C)CN(Cc2c(Cl)cncc2Cl)C[C@]1(C)O. The van der Waals surface area contributed by atoms with Crippen LogP contribution in [0.1, 0.15) is 26.3 Å². The smallest absolute Gasteiger partial charge is 0.0808 e. The second kappa shape index (κ2) is 4.64. The number of hydrogen-bond donors (Lipinski definition) is 1. The fraction of sp³-hybridized carbons (Fsp3) is 0.615. The minimum Gasteiger partial charge on any atom is -0.388 e. The van der Waals surface area contributed by atoms with Crippen molar-refractivity contribution in [2.24, 2.45) is 5.41 Å². The molecule has 2 heterocycles. The van der Waals surface area contributed by atoms with E-state index in [0.29, 0.717) is 23.1 Å². The topological polar surface area (TPSA) is 36.4 Å². The Morgan fingerprint density at radius 3 is 2.22 bits per heavy atom. The lowest BCUT2D eigenvalue weighted by Gasteiger charge is -2.31. The lowest BCUT2D eigenvalue weighted by Crippen LogP contribution is -2.40. The zero-order valence-corrected chi connectivity index (χ0v) is 12.4. The minimum absolute atomic E-state index is 0.140. The van der Waals surface area contributed by atoms with Crippen LogP contribution in [0.5, 0.6) is 0 Å². The van der Waals surface area contributed by atoms with Gasteiger partial charge < -0.3 is 5.11 Å². The van der Waals surface area contributed by atoms with Crippen molar-refractivity contribution in [1.29, 1.82) is 0 Å². The van der Waals surface area contributed by atoms with Crippen LogP contribution in [0.15, 0.2) is 12.4 Å². The van der Waals surface area contributed by atoms with Gasteiger partial charge in [-0.05, 0) is 6.92 Å². The molecule has 5 heteroatoms. The van der Waals surface area contributed by atoms with Crippen LogP contribution in [0.25, 0.3) is 0 Å². The highest BCUT2D eigenvalue weighted by Gasteiger charge is 2.47. The average Bonchev–Trinajstić information content (AvgIpc) is 2.42. The summed E-state index contributed by atoms with van der Waals surface area (Å²) in [6, 6.07) is 0. The van der Waals surface area contributed by atoms with Crippen molar-refractivity contribution < 1.29 is 5.11 Å². The summed E-state index contributed by atoms with van der Waals surface area (Å²) in [6.07, 6.45) is 3.20. The molecule has 18 heavy (non-hydrogen) atoms. The maximum absolute atomic E-state index is 10.4. The first-order valence-corrected chi connectivity index (χ1v) is 6.71. The summed E-state index contributed by atoms with van der Waals surface area (Å²) in [6.45, 7) is 8.10. The molecule has 3 nitrogen and oxygen atoms in total. The van der Waals surface area contributed by atoms with Crippen LogP contribution in [0.2, 0.25) is 10.0 Å². The van der Waals surface area contributed by atoms with Crippen LogP contribution in [0.4, 0.5) is 0 Å². The van der Waals surface area contributed by atoms with Crippen molar-refractivity contribution in [1.82, 2.24) is 9.88 Å². The van der Waals surface area contributed by atoms with Gasteiger partial charge in [-0.3, -0.25) is 9.88 Å². The average molecular weight is 289 g/mol. The zero-order chi connectivity index (χ0) is 13.6. The third kappa shape index (κ3) is 2.50. The lowest BCUT2D eigenvalue weighted by atomic mass is 9.79. The Hall–Kier alpha value is -0.350. The van der Waals surface area contributed by atoms with Crippen LogP contribution in [-0.2, 0) is 6.54 Å². The summed E-state index contributed by atoms with van der Waals surface area (Å²) in [4.78, 5) is 6.12. The second-order valence-corrected chi connectivity index (χ2v) is 6.70. The molecule has 0 aliphatic carbocycles. The fourth-order valence-corrected chi connectivity index (χ4v) is 2.84. The van der Waals surface area contributed by atoms with Gasteiger partial charge >= 0.3 is 0 Å². The van der Waals surface area contributed by atoms with Gasteiger partial charge in [0.1, 0.15) is 0 Å². The van der Waals surface area contributed by atoms with Gasteiger partial charge in [0.15, 0.2) is 0 Å². The van der Waals surface area contributed by atoms with E-state index in [1.165, 1.54) is 0 Å². The second-order valence-electron chi connectivity index (χ2n) is 5.88. The van der Waals surface area contributed by atoms with E-state index in [-0.39, 0.29) is 5.41 Å². The summed E-state index contributed by atoms with van der Waals surface area (Å²) in [5.41, 5.74) is 0.0413. The van der Waals surface area contributed by atoms with Gasteiger partial charge in [-0.2, -0.15) is 0 Å². The predicted molar refractivity (Wildman–Crippen MR) is 73.9 cm³/mol. The summed E-state index contributed by atoms with van der Waals surface area (Å²) >= 11 is 12.2. The van der Waals surface area contributed by atoms with Crippen LogP contribution < -0.4 is 0 Å². The molecule has 1 aromatic heterocycles. The molecule has 100 valence electrons. The van der Waals surface area contributed by atoms with E-state index in [2.05, 4.69) is 23.7 Å². The largest absolute Gasteiger partial charge is 0.388 e. The number of β-amino-alcohol motifs (C(OH)–C–C–N with tert-alkyl or cyclic N) is 1. The summed E-state index contributed by atoms with van der Waals surface area (Å²) in [5.74, 6) is 0. The van der Waals surface area contributed by atoms with Crippen molar-refractivity contribution in [3.05, 3.63) is 28.0 Å². The highest BCUT2D eigenvalue weighted by Crippen LogP contribution is 2.39. The van der Waals surface area contributed by atoms with Gasteiger partial charge in [0.25, 0.3) is 0 Å². The first-order valence-electron chi connectivity index (χ1n) is 5.95. The van der Waals surface area contributed by atoms with E-state index in [4.69, 9.17) is 23.2 Å². The molecular weight excluding hydrogens is 271 g/mol. The molecule has 1 N–H and O–H groups in total. The van der Waals surface area contributed by atoms with Gasteiger partial charge in [0, 0.05) is 43.0 Å². The molecular formula is C13H18Cl2N2O. The van der Waals surface area contributed by atoms with Crippen molar-refractivity contribution in [3.63, 3.8) is 0 Å². The molecule has 0 amide bonds. The first-order chi connectivity index (χ1) is 8.23. The molecule has 1 atom stereocenters. The maximum Gasteiger partial charge on any atom is 0.0808 e. The summed E-state index contributed by atoms with van der Waals surface area (Å²) in [5, 5.41) is 11.5. The van der Waals surface area contributed by atoms with Crippen molar-refractivity contribution in [3.8, 4) is 0 Å². The molecule has 1 saturated heterocycles. The molecule has 1 fully saturated rings. The van der Waals surface area contributed by atoms with Crippen LogP contribution in [-0.4, -0.2) is 33.7 Å². The Morgan fingerprint density at radius 2 is 1.78 bits per heavy atom. The Morgan fingerprint density at radius 1 is 1.22 bits per heavy atom. The maximum atomic E-state index is 10.4. The minimum atomic E-state index is -0.695. The molecule has 1 aliphatic rings. The number of rotatable bonds is 2. The van der Waals surface area contributed by atoms with Gasteiger partial charge in [0.2, 0.25) is 0 Å². The van der Waals surface area contributed by atoms with E-state index in [1.807, 2.05) is 6.92 Å². The molecule has 0 bridgehead atoms. The predicted octanol–water partition coefficient (Wildman–Crippen LogP) is 2.98. The molecule has 2 rings (SSSR count). The third-order valence-corrected chi connectivity index (χ3v) is 4.59. The number of pyridine rings is 1. The Kier molecular flexibility index (Phi) is 3.63. The standard InChI is InChI=1S/C13H18Cl2N2O/c1-12(2)7-17(8-13(12,3)18)6-9-10(14)4-16-5-11(9)15/h4-5,18H,6-8H2,1-3H3/t13-/m0/s1. The number of hydrogen-bond acceptors (Lipinski definition) is 3. The number of halogens is 2. The molecule has 0 unspecified atom stereocenters. The Bertz CT molecular complexity index is 424. The Balaban J connectivity index is 2.18. The molecule has 1 aromatic rings. The van der Waals surface area contributed by atoms with E-state index in [0.717, 1.165) is 12.1 Å². The number of aliphatic hydroxyl groups is 1. The van der Waals surface area contributed by atoms with Crippen LogP contribution >= 0.6 is 23.2 Å².